The van der Waals surface area contributed by atoms with Gasteiger partial charge < -0.3 is 14.2 Å². The van der Waals surface area contributed by atoms with Gasteiger partial charge in [-0.3, -0.25) is 14.4 Å². The Kier molecular flexibility index (Phi) is 52.8. The molecule has 1 atom stereocenters. The largest absolute Gasteiger partial charge is 0.462 e. The summed E-state index contributed by atoms with van der Waals surface area (Å²) in [5.74, 6) is -0.926. The predicted molar refractivity (Wildman–Crippen MR) is 288 cm³/mol. The zero-order valence-electron chi connectivity index (χ0n) is 44.2. The molecule has 0 aromatic heterocycles. The van der Waals surface area contributed by atoms with Gasteiger partial charge in [-0.05, 0) is 109 Å². The lowest BCUT2D eigenvalue weighted by molar-refractivity contribution is -0.167. The lowest BCUT2D eigenvalue weighted by atomic mass is 10.0. The Bertz CT molecular complexity index is 1260. The van der Waals surface area contributed by atoms with Crippen molar-refractivity contribution in [2.45, 2.75) is 284 Å². The Morgan fingerprint density at radius 1 is 0.313 bits per heavy atom. The number of unbranched alkanes of at least 4 members (excludes halogenated alkanes) is 28. The van der Waals surface area contributed by atoms with E-state index >= 15 is 0 Å². The van der Waals surface area contributed by atoms with Gasteiger partial charge in [0.25, 0.3) is 0 Å². The highest BCUT2D eigenvalue weighted by Crippen LogP contribution is 2.15. The highest BCUT2D eigenvalue weighted by Gasteiger charge is 2.19. The molecule has 0 aromatic carbocycles. The maximum Gasteiger partial charge on any atom is 0.306 e. The maximum atomic E-state index is 12.8. The van der Waals surface area contributed by atoms with E-state index in [9.17, 15) is 14.4 Å². The molecule has 0 heterocycles. The molecule has 0 aliphatic carbocycles. The summed E-state index contributed by atoms with van der Waals surface area (Å²) in [7, 11) is 0. The van der Waals surface area contributed by atoms with Gasteiger partial charge in [-0.1, -0.05) is 222 Å². The molecule has 0 aliphatic heterocycles. The zero-order chi connectivity index (χ0) is 48.6. The molecule has 6 heteroatoms. The minimum atomic E-state index is -0.794. The van der Waals surface area contributed by atoms with Crippen LogP contribution in [0.25, 0.3) is 0 Å². The summed E-state index contributed by atoms with van der Waals surface area (Å²) in [6.07, 6.45) is 70.4. The second kappa shape index (κ2) is 55.4. The second-order valence-electron chi connectivity index (χ2n) is 18.8. The third kappa shape index (κ3) is 53.7. The second-order valence-corrected chi connectivity index (χ2v) is 18.8. The topological polar surface area (TPSA) is 78.9 Å². The zero-order valence-corrected chi connectivity index (χ0v) is 44.2. The summed E-state index contributed by atoms with van der Waals surface area (Å²) >= 11 is 0. The molecule has 0 fully saturated rings. The Balaban J connectivity index is 4.31. The quantitative estimate of drug-likeness (QED) is 0.0262. The number of esters is 3. The van der Waals surface area contributed by atoms with Crippen molar-refractivity contribution in [1.82, 2.24) is 0 Å². The monoisotopic (exact) mass is 935 g/mol. The van der Waals surface area contributed by atoms with E-state index in [4.69, 9.17) is 14.2 Å². The van der Waals surface area contributed by atoms with Gasteiger partial charge in [-0.2, -0.15) is 0 Å². The molecule has 1 unspecified atom stereocenters. The normalized spacial score (nSPS) is 12.6. The molecule has 386 valence electrons. The van der Waals surface area contributed by atoms with E-state index in [1.807, 2.05) is 0 Å². The molecule has 0 rings (SSSR count). The smallest absolute Gasteiger partial charge is 0.306 e. The number of hydrogen-bond donors (Lipinski definition) is 0. The lowest BCUT2D eigenvalue weighted by Gasteiger charge is -2.18. The number of carbonyl (C=O) groups is 3. The average molecular weight is 936 g/mol. The molecule has 6 nitrogen and oxygen atoms in total. The fourth-order valence-electron chi connectivity index (χ4n) is 7.89. The van der Waals surface area contributed by atoms with E-state index in [1.54, 1.807) is 0 Å². The van der Waals surface area contributed by atoms with E-state index in [0.29, 0.717) is 19.3 Å². The van der Waals surface area contributed by atoms with Gasteiger partial charge in [0.1, 0.15) is 13.2 Å². The molecule has 0 radical (unpaired) electrons. The SMILES string of the molecule is CC/C=C\C/C=C\C/C=C\CCCCCC(=O)OC(COC(=O)CCCCCCC/C=C\CCCCCC)COC(=O)CCCCCCCCCCCCC/C=C\C/C=C\CCCCCCC. The van der Waals surface area contributed by atoms with Crippen molar-refractivity contribution >= 4 is 17.9 Å². The first-order valence-corrected chi connectivity index (χ1v) is 28.4. The van der Waals surface area contributed by atoms with Crippen LogP contribution >= 0.6 is 0 Å². The van der Waals surface area contributed by atoms with Crippen LogP contribution < -0.4 is 0 Å². The number of rotatable bonds is 51. The summed E-state index contributed by atoms with van der Waals surface area (Å²) in [5, 5.41) is 0. The van der Waals surface area contributed by atoms with Crippen molar-refractivity contribution in [3.63, 3.8) is 0 Å². The minimum absolute atomic E-state index is 0.0904. The van der Waals surface area contributed by atoms with Crippen molar-refractivity contribution in [1.29, 1.82) is 0 Å². The number of ether oxygens (including phenoxy) is 3. The van der Waals surface area contributed by atoms with E-state index in [-0.39, 0.29) is 31.1 Å². The first-order chi connectivity index (χ1) is 33.0. The average Bonchev–Trinajstić information content (AvgIpc) is 3.33. The lowest BCUT2D eigenvalue weighted by Crippen LogP contribution is -2.30. The summed E-state index contributed by atoms with van der Waals surface area (Å²) in [5.41, 5.74) is 0. The number of hydrogen-bond acceptors (Lipinski definition) is 6. The van der Waals surface area contributed by atoms with Gasteiger partial charge >= 0.3 is 17.9 Å². The van der Waals surface area contributed by atoms with Crippen LogP contribution in [-0.4, -0.2) is 37.2 Å². The van der Waals surface area contributed by atoms with E-state index in [2.05, 4.69) is 93.7 Å². The fourth-order valence-corrected chi connectivity index (χ4v) is 7.89. The van der Waals surface area contributed by atoms with Crippen LogP contribution in [0.3, 0.4) is 0 Å². The maximum absolute atomic E-state index is 12.8. The Hall–Kier alpha value is -3.15. The standard InChI is InChI=1S/C61H106O6/c1-4-7-10-13-16-19-22-25-26-27-28-29-30-31-32-33-34-37-39-42-45-48-51-54-60(63)66-57-58(67-61(64)55-52-49-46-43-40-36-24-21-18-15-12-9-6-3)56-65-59(62)53-50-47-44-41-38-35-23-20-17-14-11-8-5-2/h9,12,18,20-23,25,27-28,36,40,58H,4-8,10-11,13-17,19,24,26,29-35,37-39,41-57H2,1-3H3/b12-9-,21-18-,23-20-,25-22-,28-27-,40-36-. The highest BCUT2D eigenvalue weighted by atomic mass is 16.6. The van der Waals surface area contributed by atoms with Crippen LogP contribution in [-0.2, 0) is 28.6 Å². The first kappa shape index (κ1) is 63.8. The van der Waals surface area contributed by atoms with Crippen molar-refractivity contribution in [3.05, 3.63) is 72.9 Å². The Labute approximate surface area is 414 Å². The summed E-state index contributed by atoms with van der Waals surface area (Å²) in [6, 6.07) is 0. The molecule has 67 heavy (non-hydrogen) atoms. The van der Waals surface area contributed by atoms with E-state index in [0.717, 1.165) is 96.3 Å². The minimum Gasteiger partial charge on any atom is -0.462 e. The summed E-state index contributed by atoms with van der Waals surface area (Å²) in [6.45, 7) is 6.48. The van der Waals surface area contributed by atoms with Gasteiger partial charge in [-0.25, -0.2) is 0 Å². The van der Waals surface area contributed by atoms with Crippen molar-refractivity contribution in [3.8, 4) is 0 Å². The van der Waals surface area contributed by atoms with E-state index < -0.39 is 6.10 Å². The third-order valence-corrected chi connectivity index (χ3v) is 12.2. The van der Waals surface area contributed by atoms with Crippen LogP contribution in [0.2, 0.25) is 0 Å². The van der Waals surface area contributed by atoms with Crippen LogP contribution in [0.5, 0.6) is 0 Å². The number of allylic oxidation sites excluding steroid dienone is 12. The summed E-state index contributed by atoms with van der Waals surface area (Å²) in [4.78, 5) is 38.1. The molecule has 0 spiro atoms. The molecule has 0 aromatic rings. The van der Waals surface area contributed by atoms with Gasteiger partial charge in [0.05, 0.1) is 0 Å². The van der Waals surface area contributed by atoms with Crippen molar-refractivity contribution < 1.29 is 28.6 Å². The molecule has 0 saturated heterocycles. The van der Waals surface area contributed by atoms with Crippen LogP contribution in [0.4, 0.5) is 0 Å². The highest BCUT2D eigenvalue weighted by molar-refractivity contribution is 5.71. The Morgan fingerprint density at radius 3 is 0.955 bits per heavy atom. The van der Waals surface area contributed by atoms with Crippen molar-refractivity contribution in [2.75, 3.05) is 13.2 Å². The molecule has 0 aliphatic rings. The van der Waals surface area contributed by atoms with Crippen LogP contribution in [0, 0.1) is 0 Å². The molecule has 0 N–H and O–H groups in total. The third-order valence-electron chi connectivity index (χ3n) is 12.2. The van der Waals surface area contributed by atoms with Gasteiger partial charge in [0.15, 0.2) is 6.10 Å². The van der Waals surface area contributed by atoms with Crippen LogP contribution in [0.1, 0.15) is 278 Å². The first-order valence-electron chi connectivity index (χ1n) is 28.4. The summed E-state index contributed by atoms with van der Waals surface area (Å²) < 4.78 is 16.8. The van der Waals surface area contributed by atoms with Gasteiger partial charge in [0, 0.05) is 19.3 Å². The number of carbonyl (C=O) groups excluding carboxylic acids is 3. The predicted octanol–water partition coefficient (Wildman–Crippen LogP) is 19.0. The van der Waals surface area contributed by atoms with Crippen LogP contribution in [0.15, 0.2) is 72.9 Å². The van der Waals surface area contributed by atoms with Gasteiger partial charge in [-0.15, -0.1) is 0 Å². The molecule has 0 bridgehead atoms. The molecular formula is C61H106O6. The van der Waals surface area contributed by atoms with E-state index in [1.165, 1.54) is 141 Å². The fraction of sp³-hybridized carbons (Fsp3) is 0.754. The molecule has 0 amide bonds. The Morgan fingerprint density at radius 2 is 0.582 bits per heavy atom. The van der Waals surface area contributed by atoms with Gasteiger partial charge in [0.2, 0.25) is 0 Å². The molecule has 0 saturated carbocycles. The molecular weight excluding hydrogens is 829 g/mol. The van der Waals surface area contributed by atoms with Crippen molar-refractivity contribution in [2.24, 2.45) is 0 Å².